The number of urea groups is 1. The highest BCUT2D eigenvalue weighted by Crippen LogP contribution is 2.30. The summed E-state index contributed by atoms with van der Waals surface area (Å²) in [5, 5.41) is 7.67. The smallest absolute Gasteiger partial charge is 0.318 e. The van der Waals surface area contributed by atoms with Gasteiger partial charge in [-0.3, -0.25) is 14.9 Å². The number of carbonyl (C=O) groups excluding carboxylic acids is 3. The van der Waals surface area contributed by atoms with E-state index in [4.69, 9.17) is 5.73 Å². The van der Waals surface area contributed by atoms with Gasteiger partial charge in [-0.05, 0) is 37.1 Å². The highest BCUT2D eigenvalue weighted by atomic mass is 16.2. The van der Waals surface area contributed by atoms with Crippen molar-refractivity contribution < 1.29 is 14.4 Å². The number of nitrogens with two attached hydrogens (primary N) is 1. The Balaban J connectivity index is 2.15. The summed E-state index contributed by atoms with van der Waals surface area (Å²) in [7, 11) is 0. The van der Waals surface area contributed by atoms with Crippen molar-refractivity contribution in [1.82, 2.24) is 5.32 Å². The Morgan fingerprint density at radius 3 is 2.45 bits per heavy atom. The van der Waals surface area contributed by atoms with Crippen LogP contribution in [-0.2, 0) is 9.59 Å². The Morgan fingerprint density at radius 1 is 1.25 bits per heavy atom. The van der Waals surface area contributed by atoms with Crippen LogP contribution in [0.15, 0.2) is 12.1 Å². The Kier molecular flexibility index (Phi) is 3.60. The van der Waals surface area contributed by atoms with Crippen molar-refractivity contribution in [3.05, 3.63) is 23.3 Å². The van der Waals surface area contributed by atoms with E-state index < -0.39 is 18.0 Å². The highest BCUT2D eigenvalue weighted by molar-refractivity contribution is 6.06. The fourth-order valence-electron chi connectivity index (χ4n) is 2.03. The molecule has 5 N–H and O–H groups in total. The molecule has 0 aromatic heterocycles. The topological polar surface area (TPSA) is 113 Å². The van der Waals surface area contributed by atoms with E-state index in [0.717, 1.165) is 16.8 Å². The second kappa shape index (κ2) is 5.20. The quantitative estimate of drug-likeness (QED) is 0.634. The minimum atomic E-state index is -0.932. The number of hydrogen-bond acceptors (Lipinski definition) is 4. The van der Waals surface area contributed by atoms with Gasteiger partial charge in [0.2, 0.25) is 11.8 Å². The van der Waals surface area contributed by atoms with Crippen LogP contribution in [0.4, 0.5) is 16.2 Å². The maximum Gasteiger partial charge on any atom is 0.318 e. The van der Waals surface area contributed by atoms with Gasteiger partial charge in [-0.15, -0.1) is 0 Å². The van der Waals surface area contributed by atoms with E-state index >= 15 is 0 Å². The summed E-state index contributed by atoms with van der Waals surface area (Å²) in [6, 6.07) is 2.11. The zero-order chi connectivity index (χ0) is 14.9. The third kappa shape index (κ3) is 2.87. The molecule has 0 radical (unpaired) electrons. The molecule has 106 valence electrons. The van der Waals surface area contributed by atoms with Gasteiger partial charge in [0, 0.05) is 0 Å². The summed E-state index contributed by atoms with van der Waals surface area (Å²) in [5.41, 5.74) is 8.44. The van der Waals surface area contributed by atoms with Gasteiger partial charge in [0.05, 0.1) is 17.8 Å². The molecule has 1 aromatic rings. The molecule has 0 unspecified atom stereocenters. The van der Waals surface area contributed by atoms with Gasteiger partial charge in [-0.1, -0.05) is 0 Å². The number of aryl methyl sites for hydroxylation is 2. The molecule has 0 aliphatic carbocycles. The molecular formula is C13H16N4O3. The molecule has 1 aromatic carbocycles. The summed E-state index contributed by atoms with van der Waals surface area (Å²) in [6.07, 6.45) is -0.166. The van der Waals surface area contributed by atoms with Crippen molar-refractivity contribution in [2.45, 2.75) is 26.3 Å². The van der Waals surface area contributed by atoms with Crippen molar-refractivity contribution in [1.29, 1.82) is 0 Å². The van der Waals surface area contributed by atoms with E-state index in [0.29, 0.717) is 5.69 Å². The van der Waals surface area contributed by atoms with Gasteiger partial charge in [-0.2, -0.15) is 0 Å². The molecule has 0 saturated heterocycles. The van der Waals surface area contributed by atoms with Crippen molar-refractivity contribution in [3.63, 3.8) is 0 Å². The predicted octanol–water partition coefficient (Wildman–Crippen LogP) is 0.621. The van der Waals surface area contributed by atoms with Crippen molar-refractivity contribution in [2.24, 2.45) is 5.73 Å². The number of hydrogen-bond donors (Lipinski definition) is 4. The first-order valence-electron chi connectivity index (χ1n) is 6.14. The molecule has 1 heterocycles. The van der Waals surface area contributed by atoms with Crippen LogP contribution in [0.5, 0.6) is 0 Å². The Labute approximate surface area is 115 Å². The third-order valence-corrected chi connectivity index (χ3v) is 3.19. The van der Waals surface area contributed by atoms with E-state index in [1.165, 1.54) is 0 Å². The number of rotatable bonds is 2. The minimum Gasteiger partial charge on any atom is -0.372 e. The summed E-state index contributed by atoms with van der Waals surface area (Å²) >= 11 is 0. The van der Waals surface area contributed by atoms with Gasteiger partial charge in [0.15, 0.2) is 0 Å². The van der Waals surface area contributed by atoms with Crippen LogP contribution < -0.4 is 21.7 Å². The van der Waals surface area contributed by atoms with Gasteiger partial charge < -0.3 is 16.4 Å². The van der Waals surface area contributed by atoms with Crippen LogP contribution in [0.3, 0.4) is 0 Å². The number of fused-ring (bicyclic) bond motifs is 1. The molecule has 0 fully saturated rings. The van der Waals surface area contributed by atoms with E-state index in [-0.39, 0.29) is 12.3 Å². The maximum atomic E-state index is 11.9. The Bertz CT molecular complexity index is 598. The van der Waals surface area contributed by atoms with Gasteiger partial charge in [0.1, 0.15) is 6.04 Å². The minimum absolute atomic E-state index is 0.166. The highest BCUT2D eigenvalue weighted by Gasteiger charge is 2.28. The summed E-state index contributed by atoms with van der Waals surface area (Å²) in [5.74, 6) is -0.919. The van der Waals surface area contributed by atoms with Crippen LogP contribution in [0.25, 0.3) is 0 Å². The molecule has 0 bridgehead atoms. The van der Waals surface area contributed by atoms with E-state index in [9.17, 15) is 14.4 Å². The Hall–Kier alpha value is -2.57. The average Bonchev–Trinajstić information content (AvgIpc) is 2.32. The number of imide groups is 1. The van der Waals surface area contributed by atoms with Crippen molar-refractivity contribution >= 4 is 29.2 Å². The number of anilines is 2. The Morgan fingerprint density at radius 2 is 1.85 bits per heavy atom. The average molecular weight is 276 g/mol. The number of benzene rings is 1. The van der Waals surface area contributed by atoms with Crippen LogP contribution in [0, 0.1) is 13.8 Å². The van der Waals surface area contributed by atoms with Crippen molar-refractivity contribution in [3.8, 4) is 0 Å². The van der Waals surface area contributed by atoms with Crippen molar-refractivity contribution in [2.75, 3.05) is 10.6 Å². The lowest BCUT2D eigenvalue weighted by Gasteiger charge is -2.27. The van der Waals surface area contributed by atoms with Gasteiger partial charge >= 0.3 is 6.03 Å². The SMILES string of the molecule is Cc1cc2c(cc1C)N[C@H](CC(=O)NC(N)=O)C(=O)N2. The third-order valence-electron chi connectivity index (χ3n) is 3.19. The molecule has 1 aliphatic rings. The first kappa shape index (κ1) is 13.9. The standard InChI is InChI=1S/C13H16N4O3/c1-6-3-8-9(4-7(6)2)16-12(19)10(15-8)5-11(18)17-13(14)20/h3-4,10,15H,5H2,1-2H3,(H,16,19)(H3,14,17,18,20)/t10-/m1/s1. The lowest BCUT2D eigenvalue weighted by Crippen LogP contribution is -2.44. The summed E-state index contributed by atoms with van der Waals surface area (Å²) < 4.78 is 0. The first-order chi connectivity index (χ1) is 9.36. The first-order valence-corrected chi connectivity index (χ1v) is 6.14. The predicted molar refractivity (Wildman–Crippen MR) is 74.3 cm³/mol. The van der Waals surface area contributed by atoms with E-state index in [1.54, 1.807) is 0 Å². The molecule has 0 saturated carbocycles. The van der Waals surface area contributed by atoms with Gasteiger partial charge in [0.25, 0.3) is 0 Å². The number of carbonyl (C=O) groups is 3. The molecule has 2 rings (SSSR count). The molecule has 1 atom stereocenters. The van der Waals surface area contributed by atoms with Crippen LogP contribution >= 0.6 is 0 Å². The van der Waals surface area contributed by atoms with E-state index in [1.807, 2.05) is 31.3 Å². The molecule has 7 nitrogen and oxygen atoms in total. The summed E-state index contributed by atoms with van der Waals surface area (Å²) in [4.78, 5) is 34.0. The zero-order valence-corrected chi connectivity index (χ0v) is 11.2. The monoisotopic (exact) mass is 276 g/mol. The summed E-state index contributed by atoms with van der Waals surface area (Å²) in [6.45, 7) is 3.91. The van der Waals surface area contributed by atoms with Crippen LogP contribution in [0.1, 0.15) is 17.5 Å². The lowest BCUT2D eigenvalue weighted by molar-refractivity contribution is -0.124. The molecular weight excluding hydrogens is 260 g/mol. The second-order valence-corrected chi connectivity index (χ2v) is 4.78. The normalized spacial score (nSPS) is 16.7. The van der Waals surface area contributed by atoms with Gasteiger partial charge in [-0.25, -0.2) is 4.79 Å². The second-order valence-electron chi connectivity index (χ2n) is 4.78. The largest absolute Gasteiger partial charge is 0.372 e. The van der Waals surface area contributed by atoms with Crippen LogP contribution in [-0.4, -0.2) is 23.9 Å². The number of amides is 4. The molecule has 20 heavy (non-hydrogen) atoms. The van der Waals surface area contributed by atoms with E-state index in [2.05, 4.69) is 10.6 Å². The lowest BCUT2D eigenvalue weighted by atomic mass is 10.0. The molecule has 1 aliphatic heterocycles. The number of primary amides is 1. The fourth-order valence-corrected chi connectivity index (χ4v) is 2.03. The van der Waals surface area contributed by atoms with Crippen LogP contribution in [0.2, 0.25) is 0 Å². The zero-order valence-electron chi connectivity index (χ0n) is 11.2. The molecule has 0 spiro atoms. The fraction of sp³-hybridized carbons (Fsp3) is 0.308. The molecule has 4 amide bonds. The molecule has 7 heteroatoms. The maximum absolute atomic E-state index is 11.9. The number of nitrogens with one attached hydrogen (secondary N) is 3.